The van der Waals surface area contributed by atoms with Gasteiger partial charge < -0.3 is 10.2 Å². The molecule has 0 radical (unpaired) electrons. The van der Waals surface area contributed by atoms with E-state index in [9.17, 15) is 0 Å². The van der Waals surface area contributed by atoms with Crippen molar-refractivity contribution in [2.24, 2.45) is 0 Å². The maximum atomic E-state index is 4.13. The van der Waals surface area contributed by atoms with Gasteiger partial charge in [0.05, 0.1) is 11.7 Å². The molecule has 2 rings (SSSR count). The largest absolute Gasteiger partial charge is 0.353 e. The van der Waals surface area contributed by atoms with Crippen LogP contribution in [0.25, 0.3) is 0 Å². The number of hydrogen-bond acceptors (Lipinski definition) is 4. The average molecular weight is 178 g/mol. The number of aromatic nitrogens is 2. The zero-order valence-corrected chi connectivity index (χ0v) is 7.99. The highest BCUT2D eigenvalue weighted by atomic mass is 15.3. The third kappa shape index (κ3) is 1.62. The summed E-state index contributed by atoms with van der Waals surface area (Å²) in [5.74, 6) is 0.956. The number of aryl methyl sites for hydroxylation is 1. The van der Waals surface area contributed by atoms with Crippen LogP contribution in [0.5, 0.6) is 0 Å². The third-order valence-corrected chi connectivity index (χ3v) is 2.45. The molecule has 1 aliphatic heterocycles. The number of anilines is 1. The number of likely N-dealkylation sites (N-methyl/N-ethyl adjacent to an activating group) is 1. The van der Waals surface area contributed by atoms with Crippen molar-refractivity contribution in [3.8, 4) is 0 Å². The van der Waals surface area contributed by atoms with E-state index in [0.29, 0.717) is 6.04 Å². The molecule has 0 atom stereocenters. The third-order valence-electron chi connectivity index (χ3n) is 2.45. The number of nitrogens with zero attached hydrogens (tertiary/aromatic N) is 3. The quantitative estimate of drug-likeness (QED) is 0.702. The molecule has 1 aromatic heterocycles. The van der Waals surface area contributed by atoms with Crippen LogP contribution in [0.4, 0.5) is 5.82 Å². The Kier molecular flexibility index (Phi) is 2.14. The molecule has 0 aliphatic carbocycles. The van der Waals surface area contributed by atoms with Gasteiger partial charge in [-0.05, 0) is 19.1 Å². The Bertz CT molecular complexity index is 278. The average Bonchev–Trinajstić information content (AvgIpc) is 2.02. The maximum Gasteiger partial charge on any atom is 0.151 e. The van der Waals surface area contributed by atoms with Gasteiger partial charge in [-0.2, -0.15) is 5.10 Å². The monoisotopic (exact) mass is 178 g/mol. The maximum absolute atomic E-state index is 4.13. The van der Waals surface area contributed by atoms with Gasteiger partial charge in [-0.25, -0.2) is 0 Å². The summed E-state index contributed by atoms with van der Waals surface area (Å²) < 4.78 is 0. The van der Waals surface area contributed by atoms with Crippen molar-refractivity contribution in [1.82, 2.24) is 15.5 Å². The molecule has 13 heavy (non-hydrogen) atoms. The molecule has 1 N–H and O–H groups in total. The van der Waals surface area contributed by atoms with Crippen molar-refractivity contribution in [2.75, 3.05) is 25.0 Å². The van der Waals surface area contributed by atoms with Gasteiger partial charge in [0.2, 0.25) is 0 Å². The van der Waals surface area contributed by atoms with Gasteiger partial charge >= 0.3 is 0 Å². The van der Waals surface area contributed by atoms with E-state index in [2.05, 4.69) is 27.5 Å². The van der Waals surface area contributed by atoms with Crippen LogP contribution in [0.15, 0.2) is 12.1 Å². The van der Waals surface area contributed by atoms with E-state index in [1.54, 1.807) is 0 Å². The molecule has 1 aliphatic rings. The Hall–Kier alpha value is -1.16. The van der Waals surface area contributed by atoms with Crippen molar-refractivity contribution in [1.29, 1.82) is 0 Å². The smallest absolute Gasteiger partial charge is 0.151 e. The summed E-state index contributed by atoms with van der Waals surface area (Å²) in [6.45, 7) is 4.04. The molecule has 0 unspecified atom stereocenters. The fourth-order valence-electron chi connectivity index (χ4n) is 1.31. The summed E-state index contributed by atoms with van der Waals surface area (Å²) in [5.41, 5.74) is 0.962. The molecule has 1 fully saturated rings. The zero-order chi connectivity index (χ0) is 9.26. The summed E-state index contributed by atoms with van der Waals surface area (Å²) in [5, 5.41) is 11.4. The number of rotatable bonds is 2. The van der Waals surface area contributed by atoms with Crippen LogP contribution in [0.1, 0.15) is 5.69 Å². The van der Waals surface area contributed by atoms with Crippen molar-refractivity contribution in [2.45, 2.75) is 13.0 Å². The van der Waals surface area contributed by atoms with Crippen molar-refractivity contribution in [3.63, 3.8) is 0 Å². The van der Waals surface area contributed by atoms with Crippen LogP contribution in [0, 0.1) is 6.92 Å². The van der Waals surface area contributed by atoms with E-state index in [1.807, 2.05) is 19.1 Å². The van der Waals surface area contributed by atoms with Gasteiger partial charge in [-0.1, -0.05) is 0 Å². The second-order valence-corrected chi connectivity index (χ2v) is 3.46. The Morgan fingerprint density at radius 1 is 1.38 bits per heavy atom. The summed E-state index contributed by atoms with van der Waals surface area (Å²) in [7, 11) is 2.06. The van der Waals surface area contributed by atoms with E-state index < -0.39 is 0 Å². The Morgan fingerprint density at radius 2 is 2.15 bits per heavy atom. The van der Waals surface area contributed by atoms with Crippen molar-refractivity contribution < 1.29 is 0 Å². The lowest BCUT2D eigenvalue weighted by Gasteiger charge is -2.36. The molecule has 0 amide bonds. The molecular weight excluding hydrogens is 164 g/mol. The molecule has 0 aromatic carbocycles. The second-order valence-electron chi connectivity index (χ2n) is 3.46. The van der Waals surface area contributed by atoms with Crippen LogP contribution in [0.3, 0.4) is 0 Å². The highest BCUT2D eigenvalue weighted by Gasteiger charge is 2.22. The molecule has 0 saturated carbocycles. The lowest BCUT2D eigenvalue weighted by atomic mass is 10.1. The summed E-state index contributed by atoms with van der Waals surface area (Å²) in [4.78, 5) is 2.17. The lowest BCUT2D eigenvalue weighted by molar-refractivity contribution is 0.426. The van der Waals surface area contributed by atoms with Crippen LogP contribution >= 0.6 is 0 Å². The Balaban J connectivity index is 2.10. The van der Waals surface area contributed by atoms with Crippen LogP contribution in [-0.4, -0.2) is 36.4 Å². The van der Waals surface area contributed by atoms with Crippen LogP contribution < -0.4 is 10.2 Å². The topological polar surface area (TPSA) is 41.0 Å². The van der Waals surface area contributed by atoms with Gasteiger partial charge in [0.25, 0.3) is 0 Å². The van der Waals surface area contributed by atoms with Crippen LogP contribution in [0.2, 0.25) is 0 Å². The highest BCUT2D eigenvalue weighted by Crippen LogP contribution is 2.12. The summed E-state index contributed by atoms with van der Waals surface area (Å²) in [6.07, 6.45) is 0. The summed E-state index contributed by atoms with van der Waals surface area (Å²) in [6, 6.07) is 4.59. The predicted molar refractivity (Wildman–Crippen MR) is 51.8 cm³/mol. The molecule has 70 valence electrons. The molecule has 1 saturated heterocycles. The first-order chi connectivity index (χ1) is 6.27. The fraction of sp³-hybridized carbons (Fsp3) is 0.556. The standard InChI is InChI=1S/C9H14N4/c1-7-3-4-9(12-11-7)13(2)8-5-10-6-8/h3-4,8,10H,5-6H2,1-2H3. The van der Waals surface area contributed by atoms with Crippen molar-refractivity contribution >= 4 is 5.82 Å². The zero-order valence-electron chi connectivity index (χ0n) is 7.99. The first-order valence-corrected chi connectivity index (χ1v) is 4.51. The Morgan fingerprint density at radius 3 is 2.62 bits per heavy atom. The molecule has 0 spiro atoms. The second kappa shape index (κ2) is 3.30. The molecular formula is C9H14N4. The fourth-order valence-corrected chi connectivity index (χ4v) is 1.31. The molecule has 2 heterocycles. The first-order valence-electron chi connectivity index (χ1n) is 4.51. The molecule has 4 heteroatoms. The van der Waals surface area contributed by atoms with Gasteiger partial charge in [-0.3, -0.25) is 0 Å². The van der Waals surface area contributed by atoms with E-state index in [-0.39, 0.29) is 0 Å². The van der Waals surface area contributed by atoms with E-state index in [1.165, 1.54) is 0 Å². The van der Waals surface area contributed by atoms with Crippen LogP contribution in [-0.2, 0) is 0 Å². The molecule has 0 bridgehead atoms. The highest BCUT2D eigenvalue weighted by molar-refractivity contribution is 5.38. The predicted octanol–water partition coefficient (Wildman–Crippen LogP) is 0.193. The summed E-state index contributed by atoms with van der Waals surface area (Å²) >= 11 is 0. The number of nitrogens with one attached hydrogen (secondary N) is 1. The van der Waals surface area contributed by atoms with E-state index >= 15 is 0 Å². The van der Waals surface area contributed by atoms with E-state index in [4.69, 9.17) is 0 Å². The minimum Gasteiger partial charge on any atom is -0.353 e. The normalized spacial score (nSPS) is 16.8. The van der Waals surface area contributed by atoms with Gasteiger partial charge in [0.15, 0.2) is 5.82 Å². The molecule has 1 aromatic rings. The minimum absolute atomic E-state index is 0.581. The van der Waals surface area contributed by atoms with Crippen molar-refractivity contribution in [3.05, 3.63) is 17.8 Å². The SMILES string of the molecule is Cc1ccc(N(C)C2CNC2)nn1. The number of hydrogen-bond donors (Lipinski definition) is 1. The lowest BCUT2D eigenvalue weighted by Crippen LogP contribution is -2.56. The van der Waals surface area contributed by atoms with Gasteiger partial charge in [-0.15, -0.1) is 5.10 Å². The minimum atomic E-state index is 0.581. The first kappa shape index (κ1) is 8.44. The molecule has 4 nitrogen and oxygen atoms in total. The van der Waals surface area contributed by atoms with Gasteiger partial charge in [0, 0.05) is 20.1 Å². The van der Waals surface area contributed by atoms with Gasteiger partial charge in [0.1, 0.15) is 0 Å². The van der Waals surface area contributed by atoms with E-state index in [0.717, 1.165) is 24.6 Å². The Labute approximate surface area is 78.0 Å².